The van der Waals surface area contributed by atoms with Crippen molar-refractivity contribution in [3.8, 4) is 0 Å². The van der Waals surface area contributed by atoms with E-state index >= 15 is 0 Å². The number of hydrogen-bond donors (Lipinski definition) is 1. The summed E-state index contributed by atoms with van der Waals surface area (Å²) in [5.74, 6) is -0.323. The number of phosphoric ester groups is 1. The first-order valence-corrected chi connectivity index (χ1v) is 20.7. The number of unbranched alkanes of at least 4 members (excludes halogenated alkanes) is 15. The van der Waals surface area contributed by atoms with Crippen LogP contribution < -0.4 is 0 Å². The van der Waals surface area contributed by atoms with Crippen molar-refractivity contribution < 1.29 is 37.3 Å². The summed E-state index contributed by atoms with van der Waals surface area (Å²) in [5, 5.41) is 0. The molecule has 48 heavy (non-hydrogen) atoms. The highest BCUT2D eigenvalue weighted by Gasteiger charge is 2.26. The van der Waals surface area contributed by atoms with Gasteiger partial charge in [0.25, 0.3) is 0 Å². The maximum atomic E-state index is 12.5. The van der Waals surface area contributed by atoms with Crippen molar-refractivity contribution in [1.29, 1.82) is 0 Å². The number of nitrogens with zero attached hydrogens (tertiary/aromatic N) is 1. The normalized spacial score (nSPS) is 14.4. The van der Waals surface area contributed by atoms with Crippen LogP contribution in [0.1, 0.15) is 149 Å². The fourth-order valence-electron chi connectivity index (χ4n) is 4.98. The van der Waals surface area contributed by atoms with Crippen LogP contribution in [0.15, 0.2) is 36.5 Å². The van der Waals surface area contributed by atoms with Crippen LogP contribution in [0.4, 0.5) is 0 Å². The van der Waals surface area contributed by atoms with Crippen molar-refractivity contribution in [1.82, 2.24) is 0 Å². The fraction of sp³-hybridized carbons (Fsp3) is 0.821. The van der Waals surface area contributed by atoms with Gasteiger partial charge in [0.15, 0.2) is 0 Å². The molecule has 0 aliphatic carbocycles. The zero-order valence-corrected chi connectivity index (χ0v) is 32.6. The van der Waals surface area contributed by atoms with Crippen LogP contribution in [0.3, 0.4) is 0 Å². The number of quaternary nitrogens is 1. The topological polar surface area (TPSA) is 91.3 Å². The molecule has 8 nitrogen and oxygen atoms in total. The summed E-state index contributed by atoms with van der Waals surface area (Å²) in [6.45, 7) is 5.46. The van der Waals surface area contributed by atoms with E-state index in [0.717, 1.165) is 51.4 Å². The number of ether oxygens (including phenoxy) is 2. The standard InChI is InChI=1S/C39H74NO7P/c1-6-8-10-12-14-16-17-18-19-20-21-22-23-24-25-27-29-31-34-44-36-38(37-46-48(42,43)45-35-33-40(3,4)5)47-39(41)32-30-28-26-15-13-11-9-7-2/h8,10,14,16,18-19,38H,6-7,9,11-13,15,17,20-37H2,1-5H3/p+1/b10-8-,16-14-,19-18-. The van der Waals surface area contributed by atoms with E-state index in [9.17, 15) is 14.3 Å². The number of phosphoric acid groups is 1. The van der Waals surface area contributed by atoms with Gasteiger partial charge in [0, 0.05) is 13.0 Å². The molecule has 0 aromatic carbocycles. The largest absolute Gasteiger partial charge is 0.472 e. The molecule has 2 unspecified atom stereocenters. The minimum absolute atomic E-state index is 0.0871. The summed E-state index contributed by atoms with van der Waals surface area (Å²) in [5.41, 5.74) is 0. The lowest BCUT2D eigenvalue weighted by atomic mass is 10.1. The summed E-state index contributed by atoms with van der Waals surface area (Å²) >= 11 is 0. The summed E-state index contributed by atoms with van der Waals surface area (Å²) in [6, 6.07) is 0. The van der Waals surface area contributed by atoms with E-state index in [0.29, 0.717) is 24.1 Å². The number of esters is 1. The van der Waals surface area contributed by atoms with Gasteiger partial charge in [-0.15, -0.1) is 0 Å². The zero-order chi connectivity index (χ0) is 35.6. The molecule has 9 heteroatoms. The number of likely N-dealkylation sites (N-methyl/N-ethyl adjacent to an activating group) is 1. The third-order valence-electron chi connectivity index (χ3n) is 7.97. The first kappa shape index (κ1) is 46.7. The number of hydrogen-bond acceptors (Lipinski definition) is 6. The second-order valence-electron chi connectivity index (χ2n) is 13.9. The van der Waals surface area contributed by atoms with Gasteiger partial charge in [0.1, 0.15) is 19.3 Å². The molecule has 0 aromatic rings. The van der Waals surface area contributed by atoms with E-state index in [-0.39, 0.29) is 25.8 Å². The molecule has 0 spiro atoms. The highest BCUT2D eigenvalue weighted by Crippen LogP contribution is 2.43. The van der Waals surface area contributed by atoms with Crippen molar-refractivity contribution in [3.63, 3.8) is 0 Å². The van der Waals surface area contributed by atoms with Crippen LogP contribution in [0.25, 0.3) is 0 Å². The van der Waals surface area contributed by atoms with Crippen molar-refractivity contribution in [2.24, 2.45) is 0 Å². The quantitative estimate of drug-likeness (QED) is 0.0231. The lowest BCUT2D eigenvalue weighted by molar-refractivity contribution is -0.870. The van der Waals surface area contributed by atoms with Gasteiger partial charge in [-0.25, -0.2) is 4.57 Å². The molecule has 0 bridgehead atoms. The molecule has 0 saturated heterocycles. The van der Waals surface area contributed by atoms with Gasteiger partial charge < -0.3 is 18.9 Å². The number of carbonyl (C=O) groups excluding carboxylic acids is 1. The Morgan fingerprint density at radius 2 is 1.21 bits per heavy atom. The van der Waals surface area contributed by atoms with E-state index in [1.807, 2.05) is 21.1 Å². The Balaban J connectivity index is 4.21. The van der Waals surface area contributed by atoms with Crippen LogP contribution >= 0.6 is 7.82 Å². The lowest BCUT2D eigenvalue weighted by Crippen LogP contribution is -2.37. The molecule has 0 amide bonds. The van der Waals surface area contributed by atoms with Gasteiger partial charge in [0.2, 0.25) is 0 Å². The molecule has 1 N–H and O–H groups in total. The van der Waals surface area contributed by atoms with Crippen LogP contribution in [0.2, 0.25) is 0 Å². The molecule has 2 atom stereocenters. The Hall–Kier alpha value is -1.28. The van der Waals surface area contributed by atoms with Crippen LogP contribution in [-0.4, -0.2) is 75.6 Å². The molecule has 0 saturated carbocycles. The highest BCUT2D eigenvalue weighted by molar-refractivity contribution is 7.47. The summed E-state index contributed by atoms with van der Waals surface area (Å²) in [6.07, 6.45) is 36.1. The summed E-state index contributed by atoms with van der Waals surface area (Å²) in [7, 11) is 1.66. The molecular weight excluding hydrogens is 625 g/mol. The molecule has 282 valence electrons. The monoisotopic (exact) mass is 701 g/mol. The Morgan fingerprint density at radius 1 is 0.667 bits per heavy atom. The smallest absolute Gasteiger partial charge is 0.457 e. The molecule has 0 heterocycles. The van der Waals surface area contributed by atoms with Crippen molar-refractivity contribution in [3.05, 3.63) is 36.5 Å². The van der Waals surface area contributed by atoms with Gasteiger partial charge >= 0.3 is 13.8 Å². The number of allylic oxidation sites excluding steroid dienone is 6. The predicted octanol–water partition coefficient (Wildman–Crippen LogP) is 10.7. The van der Waals surface area contributed by atoms with Crippen molar-refractivity contribution in [2.45, 2.75) is 155 Å². The molecular formula is C39H75NO7P+. The Bertz CT molecular complexity index is 869. The van der Waals surface area contributed by atoms with E-state index in [1.54, 1.807) is 0 Å². The van der Waals surface area contributed by atoms with Crippen LogP contribution in [0, 0.1) is 0 Å². The van der Waals surface area contributed by atoms with Crippen molar-refractivity contribution >= 4 is 13.8 Å². The Kier molecular flexibility index (Phi) is 32.0. The van der Waals surface area contributed by atoms with E-state index < -0.39 is 13.9 Å². The molecule has 0 aliphatic rings. The van der Waals surface area contributed by atoms with Gasteiger partial charge in [0.05, 0.1) is 34.4 Å². The van der Waals surface area contributed by atoms with Gasteiger partial charge in [-0.1, -0.05) is 134 Å². The van der Waals surface area contributed by atoms with Crippen LogP contribution in [-0.2, 0) is 27.9 Å². The van der Waals surface area contributed by atoms with E-state index in [1.165, 1.54) is 77.0 Å². The summed E-state index contributed by atoms with van der Waals surface area (Å²) < 4.78 is 34.8. The van der Waals surface area contributed by atoms with Gasteiger partial charge in [-0.3, -0.25) is 13.8 Å². The van der Waals surface area contributed by atoms with E-state index in [4.69, 9.17) is 18.5 Å². The van der Waals surface area contributed by atoms with Gasteiger partial charge in [-0.05, 0) is 44.9 Å². The molecule has 0 fully saturated rings. The average Bonchev–Trinajstić information content (AvgIpc) is 3.03. The average molecular weight is 701 g/mol. The summed E-state index contributed by atoms with van der Waals surface area (Å²) in [4.78, 5) is 22.7. The maximum Gasteiger partial charge on any atom is 0.472 e. The molecule has 0 rings (SSSR count). The van der Waals surface area contributed by atoms with Crippen LogP contribution in [0.5, 0.6) is 0 Å². The fourth-order valence-corrected chi connectivity index (χ4v) is 5.72. The Labute approximate surface area is 295 Å². The minimum atomic E-state index is -4.26. The SMILES string of the molecule is CC/C=C\C/C=C\C/C=C\CCCCCCCCCCOCC(COP(=O)(O)OCC[N+](C)(C)C)OC(=O)CCCCCCCCCC. The zero-order valence-electron chi connectivity index (χ0n) is 31.7. The first-order chi connectivity index (χ1) is 23.1. The van der Waals surface area contributed by atoms with Gasteiger partial charge in [-0.2, -0.15) is 0 Å². The Morgan fingerprint density at radius 3 is 1.81 bits per heavy atom. The van der Waals surface area contributed by atoms with Crippen molar-refractivity contribution in [2.75, 3.05) is 54.1 Å². The highest BCUT2D eigenvalue weighted by atomic mass is 31.2. The number of carbonyl (C=O) groups is 1. The van der Waals surface area contributed by atoms with E-state index in [2.05, 4.69) is 50.3 Å². The lowest BCUT2D eigenvalue weighted by Gasteiger charge is -2.24. The molecule has 0 radical (unpaired) electrons. The first-order valence-electron chi connectivity index (χ1n) is 19.2. The third-order valence-corrected chi connectivity index (χ3v) is 8.95. The second-order valence-corrected chi connectivity index (χ2v) is 15.4. The minimum Gasteiger partial charge on any atom is -0.457 e. The number of rotatable bonds is 35. The maximum absolute atomic E-state index is 12.5. The molecule has 0 aromatic heterocycles. The third kappa shape index (κ3) is 36.0. The predicted molar refractivity (Wildman–Crippen MR) is 201 cm³/mol. The molecule has 0 aliphatic heterocycles. The second kappa shape index (κ2) is 32.9.